The van der Waals surface area contributed by atoms with Crippen LogP contribution in [0.4, 0.5) is 11.4 Å². The number of anilines is 2. The highest BCUT2D eigenvalue weighted by Crippen LogP contribution is 2.16. The highest BCUT2D eigenvalue weighted by Gasteiger charge is 2.06. The van der Waals surface area contributed by atoms with E-state index in [0.29, 0.717) is 13.0 Å². The van der Waals surface area contributed by atoms with Crippen molar-refractivity contribution >= 4 is 17.2 Å². The molecular weight excluding hydrogens is 188 g/mol. The average molecular weight is 206 g/mol. The number of hydrogen-bond donors (Lipinski definition) is 2. The van der Waals surface area contributed by atoms with Gasteiger partial charge in [-0.15, -0.1) is 0 Å². The van der Waals surface area contributed by atoms with Crippen molar-refractivity contribution in [2.45, 2.75) is 20.3 Å². The molecule has 0 spiro atoms. The number of para-hydroxylation sites is 2. The van der Waals surface area contributed by atoms with E-state index in [2.05, 4.69) is 5.32 Å². The zero-order chi connectivity index (χ0) is 11.3. The van der Waals surface area contributed by atoms with E-state index in [4.69, 9.17) is 5.73 Å². The summed E-state index contributed by atoms with van der Waals surface area (Å²) in [6.07, 6.45) is 0.548. The monoisotopic (exact) mass is 206 g/mol. The molecule has 0 aliphatic heterocycles. The molecule has 0 atom stereocenters. The van der Waals surface area contributed by atoms with Crippen LogP contribution in [0.1, 0.15) is 20.3 Å². The molecule has 0 aromatic heterocycles. The predicted molar refractivity (Wildman–Crippen MR) is 63.8 cm³/mol. The van der Waals surface area contributed by atoms with E-state index < -0.39 is 0 Å². The van der Waals surface area contributed by atoms with Gasteiger partial charge in [-0.25, -0.2) is 0 Å². The van der Waals surface area contributed by atoms with Crippen molar-refractivity contribution in [3.8, 4) is 0 Å². The van der Waals surface area contributed by atoms with Crippen LogP contribution in [0.5, 0.6) is 0 Å². The maximum atomic E-state index is 11.3. The molecule has 3 heteroatoms. The number of nitrogens with one attached hydrogen (secondary N) is 1. The summed E-state index contributed by atoms with van der Waals surface area (Å²) in [4.78, 5) is 11.3. The Balaban J connectivity index is 2.38. The number of nitrogen functional groups attached to an aromatic ring is 1. The van der Waals surface area contributed by atoms with Gasteiger partial charge in [0.05, 0.1) is 11.4 Å². The second kappa shape index (κ2) is 5.39. The Morgan fingerprint density at radius 1 is 1.40 bits per heavy atom. The zero-order valence-electron chi connectivity index (χ0n) is 9.29. The van der Waals surface area contributed by atoms with Crippen LogP contribution in [0.2, 0.25) is 0 Å². The van der Waals surface area contributed by atoms with Crippen molar-refractivity contribution in [2.24, 2.45) is 5.92 Å². The summed E-state index contributed by atoms with van der Waals surface area (Å²) in [5.74, 6) is 0.386. The third-order valence-corrected chi connectivity index (χ3v) is 2.29. The quantitative estimate of drug-likeness (QED) is 0.727. The van der Waals surface area contributed by atoms with Crippen LogP contribution in [0.15, 0.2) is 24.3 Å². The molecule has 3 nitrogen and oxygen atoms in total. The molecule has 0 heterocycles. The third-order valence-electron chi connectivity index (χ3n) is 2.29. The molecule has 3 N–H and O–H groups in total. The lowest BCUT2D eigenvalue weighted by Crippen LogP contribution is -2.13. The van der Waals surface area contributed by atoms with Crippen LogP contribution >= 0.6 is 0 Å². The number of ketones is 1. The van der Waals surface area contributed by atoms with Crippen LogP contribution in [0, 0.1) is 5.92 Å². The molecule has 0 aliphatic rings. The lowest BCUT2D eigenvalue weighted by Gasteiger charge is -2.09. The molecule has 1 aromatic rings. The minimum Gasteiger partial charge on any atom is -0.397 e. The molecule has 0 saturated carbocycles. The largest absolute Gasteiger partial charge is 0.397 e. The van der Waals surface area contributed by atoms with E-state index in [9.17, 15) is 4.79 Å². The Morgan fingerprint density at radius 2 is 2.07 bits per heavy atom. The van der Waals surface area contributed by atoms with Crippen molar-refractivity contribution in [2.75, 3.05) is 17.6 Å². The zero-order valence-corrected chi connectivity index (χ0v) is 9.29. The normalized spacial score (nSPS) is 10.3. The fraction of sp³-hybridized carbons (Fsp3) is 0.417. The topological polar surface area (TPSA) is 55.1 Å². The molecule has 0 amide bonds. The Hall–Kier alpha value is -1.51. The van der Waals surface area contributed by atoms with Crippen molar-refractivity contribution in [3.63, 3.8) is 0 Å². The van der Waals surface area contributed by atoms with Gasteiger partial charge in [0.15, 0.2) is 0 Å². The third kappa shape index (κ3) is 3.62. The van der Waals surface area contributed by atoms with Crippen LogP contribution in [0.3, 0.4) is 0 Å². The molecule has 1 rings (SSSR count). The summed E-state index contributed by atoms with van der Waals surface area (Å²) in [6.45, 7) is 4.48. The van der Waals surface area contributed by atoms with Crippen molar-refractivity contribution < 1.29 is 4.79 Å². The molecule has 0 unspecified atom stereocenters. The highest BCUT2D eigenvalue weighted by molar-refractivity contribution is 5.81. The first kappa shape index (κ1) is 11.6. The van der Waals surface area contributed by atoms with Crippen LogP contribution < -0.4 is 11.1 Å². The van der Waals surface area contributed by atoms with Gasteiger partial charge >= 0.3 is 0 Å². The van der Waals surface area contributed by atoms with E-state index in [-0.39, 0.29) is 11.7 Å². The maximum absolute atomic E-state index is 11.3. The van der Waals surface area contributed by atoms with E-state index in [1.807, 2.05) is 38.1 Å². The number of Topliss-reactive ketones (excluding diaryl/α,β-unsaturated/α-hetero) is 1. The van der Waals surface area contributed by atoms with Crippen molar-refractivity contribution in [1.82, 2.24) is 0 Å². The lowest BCUT2D eigenvalue weighted by atomic mass is 10.1. The first-order valence-electron chi connectivity index (χ1n) is 5.22. The summed E-state index contributed by atoms with van der Waals surface area (Å²) >= 11 is 0. The summed E-state index contributed by atoms with van der Waals surface area (Å²) in [7, 11) is 0. The van der Waals surface area contributed by atoms with Gasteiger partial charge in [0.25, 0.3) is 0 Å². The number of benzene rings is 1. The van der Waals surface area contributed by atoms with E-state index in [0.717, 1.165) is 11.4 Å². The first-order valence-corrected chi connectivity index (χ1v) is 5.22. The summed E-state index contributed by atoms with van der Waals surface area (Å²) in [6, 6.07) is 7.56. The van der Waals surface area contributed by atoms with E-state index in [1.54, 1.807) is 0 Å². The van der Waals surface area contributed by atoms with E-state index in [1.165, 1.54) is 0 Å². The fourth-order valence-corrected chi connectivity index (χ4v) is 1.27. The van der Waals surface area contributed by atoms with Gasteiger partial charge < -0.3 is 11.1 Å². The van der Waals surface area contributed by atoms with Crippen molar-refractivity contribution in [1.29, 1.82) is 0 Å². The van der Waals surface area contributed by atoms with Gasteiger partial charge in [-0.1, -0.05) is 26.0 Å². The lowest BCUT2D eigenvalue weighted by molar-refractivity contribution is -0.121. The standard InChI is InChI=1S/C12H18N2O/c1-9(2)12(15)7-8-14-11-6-4-3-5-10(11)13/h3-6,9,14H,7-8,13H2,1-2H3. The second-order valence-corrected chi connectivity index (χ2v) is 3.89. The minimum absolute atomic E-state index is 0.111. The number of carbonyl (C=O) groups is 1. The van der Waals surface area contributed by atoms with Crippen LogP contribution in [0.25, 0.3) is 0 Å². The summed E-state index contributed by atoms with van der Waals surface area (Å²) in [5.41, 5.74) is 7.36. The Labute approximate surface area is 90.7 Å². The number of nitrogens with two attached hydrogens (primary N) is 1. The molecule has 0 aliphatic carbocycles. The molecule has 0 bridgehead atoms. The fourth-order valence-electron chi connectivity index (χ4n) is 1.27. The number of hydrogen-bond acceptors (Lipinski definition) is 3. The van der Waals surface area contributed by atoms with Gasteiger partial charge in [0, 0.05) is 18.9 Å². The Bertz CT molecular complexity index is 334. The smallest absolute Gasteiger partial charge is 0.137 e. The summed E-state index contributed by atoms with van der Waals surface area (Å²) in [5, 5.41) is 3.15. The molecular formula is C12H18N2O. The SMILES string of the molecule is CC(C)C(=O)CCNc1ccccc1N. The molecule has 1 aromatic carbocycles. The maximum Gasteiger partial charge on any atom is 0.137 e. The van der Waals surface area contributed by atoms with Crippen LogP contribution in [-0.4, -0.2) is 12.3 Å². The Morgan fingerprint density at radius 3 is 2.67 bits per heavy atom. The number of carbonyl (C=O) groups excluding carboxylic acids is 1. The first-order chi connectivity index (χ1) is 7.11. The van der Waals surface area contributed by atoms with Gasteiger partial charge in [0.1, 0.15) is 5.78 Å². The minimum atomic E-state index is 0.111. The van der Waals surface area contributed by atoms with Gasteiger partial charge in [0.2, 0.25) is 0 Å². The molecule has 82 valence electrons. The predicted octanol–water partition coefficient (Wildman–Crippen LogP) is 2.30. The van der Waals surface area contributed by atoms with E-state index >= 15 is 0 Å². The Kier molecular flexibility index (Phi) is 4.16. The van der Waals surface area contributed by atoms with Gasteiger partial charge in [-0.05, 0) is 12.1 Å². The van der Waals surface area contributed by atoms with Crippen molar-refractivity contribution in [3.05, 3.63) is 24.3 Å². The summed E-state index contributed by atoms with van der Waals surface area (Å²) < 4.78 is 0. The highest BCUT2D eigenvalue weighted by atomic mass is 16.1. The molecule has 0 saturated heterocycles. The molecule has 0 radical (unpaired) electrons. The average Bonchev–Trinajstić information content (AvgIpc) is 2.20. The van der Waals surface area contributed by atoms with Crippen LogP contribution in [-0.2, 0) is 4.79 Å². The van der Waals surface area contributed by atoms with Gasteiger partial charge in [-0.3, -0.25) is 4.79 Å². The second-order valence-electron chi connectivity index (χ2n) is 3.89. The van der Waals surface area contributed by atoms with Gasteiger partial charge in [-0.2, -0.15) is 0 Å². The molecule has 15 heavy (non-hydrogen) atoms. The molecule has 0 fully saturated rings. The number of rotatable bonds is 5.